The third-order valence-corrected chi connectivity index (χ3v) is 5.20. The van der Waals surface area contributed by atoms with E-state index in [1.807, 2.05) is 0 Å². The molecule has 0 unspecified atom stereocenters. The number of carbonyl (C=O) groups excluding carboxylic acids is 1. The number of thioether (sulfide) groups is 1. The van der Waals surface area contributed by atoms with Gasteiger partial charge in [0.2, 0.25) is 0 Å². The number of benzene rings is 1. The fourth-order valence-electron chi connectivity index (χ4n) is 2.30. The standard InChI is InChI=1S/C17H12ClNO5S2/c1-23-9-2-4-11(12(18)6-9)13-5-3-10(24-13)7-14-16(22)19(8-15(20)21)17(25)26-14/h2-7H,8H2,1H3,(H,20,21). The van der Waals surface area contributed by atoms with Crippen LogP contribution in [-0.4, -0.2) is 39.9 Å². The van der Waals surface area contributed by atoms with Crippen LogP contribution < -0.4 is 4.74 Å². The molecule has 0 saturated carbocycles. The number of methoxy groups -OCH3 is 1. The number of hydrogen-bond donors (Lipinski definition) is 1. The molecular formula is C17H12ClNO5S2. The Kier molecular flexibility index (Phi) is 5.36. The Morgan fingerprint density at radius 2 is 2.19 bits per heavy atom. The van der Waals surface area contributed by atoms with Crippen molar-refractivity contribution in [2.75, 3.05) is 13.7 Å². The van der Waals surface area contributed by atoms with Gasteiger partial charge in [0, 0.05) is 11.6 Å². The third kappa shape index (κ3) is 3.77. The molecule has 0 bridgehead atoms. The van der Waals surface area contributed by atoms with E-state index in [0.29, 0.717) is 32.8 Å². The summed E-state index contributed by atoms with van der Waals surface area (Å²) in [4.78, 5) is 24.4. The van der Waals surface area contributed by atoms with E-state index >= 15 is 0 Å². The van der Waals surface area contributed by atoms with Gasteiger partial charge in [0.05, 0.1) is 17.0 Å². The quantitative estimate of drug-likeness (QED) is 0.592. The van der Waals surface area contributed by atoms with Crippen molar-refractivity contribution >= 4 is 57.9 Å². The molecule has 1 N–H and O–H groups in total. The van der Waals surface area contributed by atoms with Crippen LogP contribution in [0.1, 0.15) is 5.76 Å². The summed E-state index contributed by atoms with van der Waals surface area (Å²) >= 11 is 12.3. The molecule has 0 spiro atoms. The first-order chi connectivity index (χ1) is 12.4. The van der Waals surface area contributed by atoms with Crippen molar-refractivity contribution in [2.45, 2.75) is 0 Å². The zero-order valence-corrected chi connectivity index (χ0v) is 15.8. The number of halogens is 1. The number of carboxylic acids is 1. The van der Waals surface area contributed by atoms with Gasteiger partial charge in [0.1, 0.15) is 28.1 Å². The fourth-order valence-corrected chi connectivity index (χ4v) is 3.80. The largest absolute Gasteiger partial charge is 0.497 e. The van der Waals surface area contributed by atoms with Crippen LogP contribution in [0.15, 0.2) is 39.7 Å². The van der Waals surface area contributed by atoms with E-state index in [4.69, 9.17) is 38.1 Å². The van der Waals surface area contributed by atoms with Gasteiger partial charge in [-0.3, -0.25) is 14.5 Å². The van der Waals surface area contributed by atoms with Crippen molar-refractivity contribution in [2.24, 2.45) is 0 Å². The summed E-state index contributed by atoms with van der Waals surface area (Å²) in [5.74, 6) is 0.0140. The van der Waals surface area contributed by atoms with Crippen LogP contribution in [0.3, 0.4) is 0 Å². The van der Waals surface area contributed by atoms with Crippen LogP contribution in [0.4, 0.5) is 0 Å². The van der Waals surface area contributed by atoms with E-state index in [0.717, 1.165) is 16.7 Å². The number of carboxylic acid groups (broad SMARTS) is 1. The van der Waals surface area contributed by atoms with Gasteiger partial charge in [0.15, 0.2) is 0 Å². The van der Waals surface area contributed by atoms with Crippen LogP contribution in [0.5, 0.6) is 5.75 Å². The Balaban J connectivity index is 1.85. The number of nitrogens with zero attached hydrogens (tertiary/aromatic N) is 1. The highest BCUT2D eigenvalue weighted by Gasteiger charge is 2.33. The van der Waals surface area contributed by atoms with Gasteiger partial charge in [-0.05, 0) is 30.3 Å². The molecule has 1 aliphatic rings. The maximum atomic E-state index is 12.3. The third-order valence-electron chi connectivity index (χ3n) is 3.51. The summed E-state index contributed by atoms with van der Waals surface area (Å²) in [7, 11) is 1.55. The minimum absolute atomic E-state index is 0.202. The molecule has 134 valence electrons. The van der Waals surface area contributed by atoms with Crippen LogP contribution in [-0.2, 0) is 9.59 Å². The average molecular weight is 410 g/mol. The Labute approximate surface area is 163 Å². The van der Waals surface area contributed by atoms with Gasteiger partial charge < -0.3 is 14.3 Å². The lowest BCUT2D eigenvalue weighted by atomic mass is 10.1. The molecule has 1 aromatic carbocycles. The van der Waals surface area contributed by atoms with Crippen LogP contribution in [0.2, 0.25) is 5.02 Å². The minimum atomic E-state index is -1.13. The molecule has 6 nitrogen and oxygen atoms in total. The van der Waals surface area contributed by atoms with E-state index in [2.05, 4.69) is 0 Å². The molecule has 2 heterocycles. The molecule has 1 amide bonds. The molecule has 0 aliphatic carbocycles. The molecule has 0 radical (unpaired) electrons. The van der Waals surface area contributed by atoms with Gasteiger partial charge in [-0.1, -0.05) is 35.6 Å². The van der Waals surface area contributed by atoms with Crippen LogP contribution >= 0.6 is 35.6 Å². The normalized spacial score (nSPS) is 15.8. The lowest BCUT2D eigenvalue weighted by Gasteiger charge is -2.09. The number of rotatable bonds is 5. The van der Waals surface area contributed by atoms with Gasteiger partial charge in [-0.2, -0.15) is 0 Å². The first-order valence-electron chi connectivity index (χ1n) is 7.30. The van der Waals surface area contributed by atoms with Crippen LogP contribution in [0, 0.1) is 0 Å². The molecule has 2 aromatic rings. The van der Waals surface area contributed by atoms with Gasteiger partial charge >= 0.3 is 5.97 Å². The first kappa shape index (κ1) is 18.5. The monoisotopic (exact) mass is 409 g/mol. The topological polar surface area (TPSA) is 80.0 Å². The number of furan rings is 1. The van der Waals surface area contributed by atoms with Gasteiger partial charge in [0.25, 0.3) is 5.91 Å². The number of carbonyl (C=O) groups is 2. The summed E-state index contributed by atoms with van der Waals surface area (Å²) < 4.78 is 11.1. The van der Waals surface area contributed by atoms with E-state index in [1.165, 1.54) is 6.08 Å². The van der Waals surface area contributed by atoms with Crippen molar-refractivity contribution in [3.63, 3.8) is 0 Å². The van der Waals surface area contributed by atoms with Crippen molar-refractivity contribution in [1.82, 2.24) is 4.90 Å². The van der Waals surface area contributed by atoms with Crippen molar-refractivity contribution in [3.8, 4) is 17.1 Å². The Hall–Kier alpha value is -2.29. The Bertz CT molecular complexity index is 937. The molecule has 3 rings (SSSR count). The smallest absolute Gasteiger partial charge is 0.323 e. The predicted molar refractivity (Wildman–Crippen MR) is 103 cm³/mol. The highest BCUT2D eigenvalue weighted by molar-refractivity contribution is 8.26. The summed E-state index contributed by atoms with van der Waals surface area (Å²) in [6.45, 7) is -0.465. The van der Waals surface area contributed by atoms with E-state index in [9.17, 15) is 9.59 Å². The first-order valence-corrected chi connectivity index (χ1v) is 8.90. The lowest BCUT2D eigenvalue weighted by molar-refractivity contribution is -0.140. The Morgan fingerprint density at radius 3 is 2.85 bits per heavy atom. The molecule has 1 saturated heterocycles. The van der Waals surface area contributed by atoms with Gasteiger partial charge in [-0.15, -0.1) is 0 Å². The second-order valence-corrected chi connectivity index (χ2v) is 7.29. The maximum absolute atomic E-state index is 12.3. The lowest BCUT2D eigenvalue weighted by Crippen LogP contribution is -2.33. The Morgan fingerprint density at radius 1 is 1.42 bits per heavy atom. The summed E-state index contributed by atoms with van der Waals surface area (Å²) in [6, 6.07) is 8.64. The number of amides is 1. The molecule has 1 aromatic heterocycles. The zero-order chi connectivity index (χ0) is 18.8. The SMILES string of the molecule is COc1ccc(-c2ccc(C=C3SC(=S)N(CC(=O)O)C3=O)o2)c(Cl)c1. The molecule has 26 heavy (non-hydrogen) atoms. The molecule has 0 atom stereocenters. The van der Waals surface area contributed by atoms with Crippen LogP contribution in [0.25, 0.3) is 17.4 Å². The molecular weight excluding hydrogens is 398 g/mol. The molecule has 1 aliphatic heterocycles. The van der Waals surface area contributed by atoms with Gasteiger partial charge in [-0.25, -0.2) is 0 Å². The second kappa shape index (κ2) is 7.53. The number of thiocarbonyl (C=S) groups is 1. The number of hydrogen-bond acceptors (Lipinski definition) is 6. The van der Waals surface area contributed by atoms with Crippen molar-refractivity contribution in [1.29, 1.82) is 0 Å². The fraction of sp³-hybridized carbons (Fsp3) is 0.118. The van der Waals surface area contributed by atoms with Crippen molar-refractivity contribution in [3.05, 3.63) is 46.0 Å². The number of ether oxygens (including phenoxy) is 1. The minimum Gasteiger partial charge on any atom is -0.497 e. The number of aliphatic carboxylic acids is 1. The average Bonchev–Trinajstić information content (AvgIpc) is 3.15. The zero-order valence-electron chi connectivity index (χ0n) is 13.4. The highest BCUT2D eigenvalue weighted by atomic mass is 35.5. The summed E-state index contributed by atoms with van der Waals surface area (Å²) in [5.41, 5.74) is 0.686. The highest BCUT2D eigenvalue weighted by Crippen LogP contribution is 2.35. The summed E-state index contributed by atoms with van der Waals surface area (Å²) in [6.07, 6.45) is 1.53. The second-order valence-electron chi connectivity index (χ2n) is 5.21. The van der Waals surface area contributed by atoms with E-state index < -0.39 is 18.4 Å². The maximum Gasteiger partial charge on any atom is 0.323 e. The molecule has 1 fully saturated rings. The predicted octanol–water partition coefficient (Wildman–Crippen LogP) is 3.89. The van der Waals surface area contributed by atoms with Crippen molar-refractivity contribution < 1.29 is 23.8 Å². The van der Waals surface area contributed by atoms with E-state index in [-0.39, 0.29) is 4.32 Å². The molecule has 9 heteroatoms. The van der Waals surface area contributed by atoms with E-state index in [1.54, 1.807) is 37.4 Å². The summed E-state index contributed by atoms with van der Waals surface area (Å²) in [5, 5.41) is 9.33.